The molecular formula is C15H24ClNO3. The molecule has 0 heterocycles. The van der Waals surface area contributed by atoms with E-state index in [2.05, 4.69) is 6.92 Å². The highest BCUT2D eigenvalue weighted by Crippen LogP contribution is 2.33. The minimum absolute atomic E-state index is 0.181. The van der Waals surface area contributed by atoms with Crippen LogP contribution in [0.3, 0.4) is 0 Å². The average molecular weight is 302 g/mol. The van der Waals surface area contributed by atoms with Gasteiger partial charge in [0.05, 0.1) is 25.3 Å². The van der Waals surface area contributed by atoms with E-state index in [9.17, 15) is 5.11 Å². The van der Waals surface area contributed by atoms with Gasteiger partial charge in [0, 0.05) is 12.1 Å². The molecular weight excluding hydrogens is 278 g/mol. The number of methoxy groups -OCH3 is 2. The molecule has 0 aliphatic carbocycles. The van der Waals surface area contributed by atoms with Crippen molar-refractivity contribution in [2.75, 3.05) is 14.2 Å². The fraction of sp³-hybridized carbons (Fsp3) is 0.600. The minimum Gasteiger partial charge on any atom is -0.496 e. The van der Waals surface area contributed by atoms with E-state index in [0.29, 0.717) is 29.4 Å². The summed E-state index contributed by atoms with van der Waals surface area (Å²) >= 11 is 6.12. The normalized spacial score (nSPS) is 13.9. The molecule has 114 valence electrons. The monoisotopic (exact) mass is 301 g/mol. The Balaban J connectivity index is 2.74. The Morgan fingerprint density at radius 1 is 1.20 bits per heavy atom. The molecule has 0 bridgehead atoms. The zero-order valence-electron chi connectivity index (χ0n) is 12.4. The van der Waals surface area contributed by atoms with Crippen LogP contribution in [0.4, 0.5) is 0 Å². The third kappa shape index (κ3) is 4.54. The first-order valence-corrected chi connectivity index (χ1v) is 7.25. The van der Waals surface area contributed by atoms with Gasteiger partial charge in [-0.3, -0.25) is 0 Å². The standard InChI is InChI=1S/C15H24ClNO3/c1-4-5-12(17)13(18)7-6-10-8-11(16)15(20-3)9-14(10)19-2/h8-9,12-13,18H,4-7,17H2,1-3H3. The summed E-state index contributed by atoms with van der Waals surface area (Å²) < 4.78 is 10.5. The molecule has 1 aromatic rings. The molecule has 5 heteroatoms. The first kappa shape index (κ1) is 17.1. The zero-order chi connectivity index (χ0) is 15.1. The molecule has 0 saturated carbocycles. The molecule has 0 aromatic heterocycles. The Bertz CT molecular complexity index is 426. The maximum absolute atomic E-state index is 10.0. The van der Waals surface area contributed by atoms with Crippen LogP contribution in [0.5, 0.6) is 11.5 Å². The lowest BCUT2D eigenvalue weighted by atomic mass is 9.99. The van der Waals surface area contributed by atoms with E-state index in [1.807, 2.05) is 6.07 Å². The van der Waals surface area contributed by atoms with Crippen LogP contribution in [0.15, 0.2) is 12.1 Å². The zero-order valence-corrected chi connectivity index (χ0v) is 13.1. The predicted octanol–water partition coefficient (Wildman–Crippen LogP) is 2.78. The summed E-state index contributed by atoms with van der Waals surface area (Å²) in [6.07, 6.45) is 2.52. The molecule has 0 fully saturated rings. The van der Waals surface area contributed by atoms with Crippen LogP contribution in [0.2, 0.25) is 5.02 Å². The van der Waals surface area contributed by atoms with E-state index >= 15 is 0 Å². The molecule has 20 heavy (non-hydrogen) atoms. The van der Waals surface area contributed by atoms with E-state index in [1.54, 1.807) is 20.3 Å². The molecule has 0 radical (unpaired) electrons. The molecule has 0 aliphatic heterocycles. The molecule has 0 spiro atoms. The number of aliphatic hydroxyl groups is 1. The van der Waals surface area contributed by atoms with Gasteiger partial charge in [0.15, 0.2) is 0 Å². The van der Waals surface area contributed by atoms with Crippen LogP contribution in [0.1, 0.15) is 31.7 Å². The fourth-order valence-electron chi connectivity index (χ4n) is 2.16. The van der Waals surface area contributed by atoms with Crippen LogP contribution in [0, 0.1) is 0 Å². The fourth-order valence-corrected chi connectivity index (χ4v) is 2.42. The quantitative estimate of drug-likeness (QED) is 0.775. The van der Waals surface area contributed by atoms with Crippen molar-refractivity contribution in [1.82, 2.24) is 0 Å². The maximum Gasteiger partial charge on any atom is 0.141 e. The summed E-state index contributed by atoms with van der Waals surface area (Å²) in [6, 6.07) is 3.40. The summed E-state index contributed by atoms with van der Waals surface area (Å²) in [5.41, 5.74) is 6.86. The predicted molar refractivity (Wildman–Crippen MR) is 81.8 cm³/mol. The molecule has 0 saturated heterocycles. The van der Waals surface area contributed by atoms with Crippen molar-refractivity contribution in [2.24, 2.45) is 5.73 Å². The second kappa shape index (κ2) is 8.35. The average Bonchev–Trinajstić information content (AvgIpc) is 2.44. The van der Waals surface area contributed by atoms with Crippen molar-refractivity contribution in [3.63, 3.8) is 0 Å². The Kier molecular flexibility index (Phi) is 7.13. The van der Waals surface area contributed by atoms with Gasteiger partial charge in [0.2, 0.25) is 0 Å². The maximum atomic E-state index is 10.0. The Morgan fingerprint density at radius 2 is 1.85 bits per heavy atom. The van der Waals surface area contributed by atoms with Gasteiger partial charge >= 0.3 is 0 Å². The molecule has 1 rings (SSSR count). The molecule has 1 aromatic carbocycles. The van der Waals surface area contributed by atoms with Gasteiger partial charge in [-0.15, -0.1) is 0 Å². The second-order valence-corrected chi connectivity index (χ2v) is 5.26. The Morgan fingerprint density at radius 3 is 2.40 bits per heavy atom. The van der Waals surface area contributed by atoms with Crippen LogP contribution in [-0.4, -0.2) is 31.5 Å². The smallest absolute Gasteiger partial charge is 0.141 e. The van der Waals surface area contributed by atoms with Gasteiger partial charge in [-0.2, -0.15) is 0 Å². The van der Waals surface area contributed by atoms with E-state index in [0.717, 1.165) is 18.4 Å². The SMILES string of the molecule is CCCC(N)C(O)CCc1cc(Cl)c(OC)cc1OC. The lowest BCUT2D eigenvalue weighted by Crippen LogP contribution is -2.34. The van der Waals surface area contributed by atoms with E-state index in [1.165, 1.54) is 0 Å². The summed E-state index contributed by atoms with van der Waals surface area (Å²) in [6.45, 7) is 2.05. The van der Waals surface area contributed by atoms with Gasteiger partial charge in [0.25, 0.3) is 0 Å². The summed E-state index contributed by atoms with van der Waals surface area (Å²) in [5, 5.41) is 10.6. The Hall–Kier alpha value is -0.970. The van der Waals surface area contributed by atoms with Crippen LogP contribution >= 0.6 is 11.6 Å². The van der Waals surface area contributed by atoms with E-state index in [-0.39, 0.29) is 6.04 Å². The first-order valence-electron chi connectivity index (χ1n) is 6.87. The Labute approximate surface area is 125 Å². The first-order chi connectivity index (χ1) is 9.53. The number of hydrogen-bond donors (Lipinski definition) is 2. The van der Waals surface area contributed by atoms with Crippen LogP contribution in [0.25, 0.3) is 0 Å². The third-order valence-corrected chi connectivity index (χ3v) is 3.68. The highest BCUT2D eigenvalue weighted by Gasteiger charge is 2.16. The highest BCUT2D eigenvalue weighted by atomic mass is 35.5. The number of benzene rings is 1. The third-order valence-electron chi connectivity index (χ3n) is 3.38. The number of rotatable bonds is 8. The molecule has 2 atom stereocenters. The number of hydrogen-bond acceptors (Lipinski definition) is 4. The number of halogens is 1. The topological polar surface area (TPSA) is 64.7 Å². The van der Waals surface area contributed by atoms with Gasteiger partial charge in [-0.25, -0.2) is 0 Å². The number of nitrogens with two attached hydrogens (primary N) is 1. The van der Waals surface area contributed by atoms with Gasteiger partial charge in [-0.1, -0.05) is 24.9 Å². The van der Waals surface area contributed by atoms with Crippen molar-refractivity contribution in [2.45, 2.75) is 44.8 Å². The largest absolute Gasteiger partial charge is 0.496 e. The van der Waals surface area contributed by atoms with Gasteiger partial charge in [0.1, 0.15) is 11.5 Å². The van der Waals surface area contributed by atoms with Crippen LogP contribution < -0.4 is 15.2 Å². The van der Waals surface area contributed by atoms with Crippen molar-refractivity contribution in [3.05, 3.63) is 22.7 Å². The molecule has 4 nitrogen and oxygen atoms in total. The van der Waals surface area contributed by atoms with Gasteiger partial charge in [-0.05, 0) is 30.9 Å². The molecule has 2 unspecified atom stereocenters. The van der Waals surface area contributed by atoms with Crippen molar-refractivity contribution >= 4 is 11.6 Å². The lowest BCUT2D eigenvalue weighted by molar-refractivity contribution is 0.130. The van der Waals surface area contributed by atoms with Crippen molar-refractivity contribution < 1.29 is 14.6 Å². The molecule has 0 amide bonds. The lowest BCUT2D eigenvalue weighted by Gasteiger charge is -2.19. The second-order valence-electron chi connectivity index (χ2n) is 4.86. The number of ether oxygens (including phenoxy) is 2. The summed E-state index contributed by atoms with van der Waals surface area (Å²) in [7, 11) is 3.17. The molecule has 3 N–H and O–H groups in total. The number of aliphatic hydroxyl groups excluding tert-OH is 1. The summed E-state index contributed by atoms with van der Waals surface area (Å²) in [5.74, 6) is 1.29. The number of aryl methyl sites for hydroxylation is 1. The van der Waals surface area contributed by atoms with Gasteiger partial charge < -0.3 is 20.3 Å². The minimum atomic E-state index is -0.513. The highest BCUT2D eigenvalue weighted by molar-refractivity contribution is 6.32. The van der Waals surface area contributed by atoms with E-state index in [4.69, 9.17) is 26.8 Å². The summed E-state index contributed by atoms with van der Waals surface area (Å²) in [4.78, 5) is 0. The van der Waals surface area contributed by atoms with Crippen molar-refractivity contribution in [1.29, 1.82) is 0 Å². The van der Waals surface area contributed by atoms with Crippen molar-refractivity contribution in [3.8, 4) is 11.5 Å². The molecule has 0 aliphatic rings. The van der Waals surface area contributed by atoms with Crippen LogP contribution in [-0.2, 0) is 6.42 Å². The van der Waals surface area contributed by atoms with E-state index < -0.39 is 6.10 Å².